The standard InChI is InChI=1S/C18H23N3/c1-2-9-20-17-11-18(13-19-12-17)21-10-8-16(14-21)15-6-4-3-5-7-15/h3-7,11-13,16,20H,2,8-10,14H2,1H3. The van der Waals surface area contributed by atoms with Gasteiger partial charge in [0.05, 0.1) is 23.8 Å². The van der Waals surface area contributed by atoms with Crippen molar-refractivity contribution in [2.45, 2.75) is 25.7 Å². The molecule has 0 spiro atoms. The molecule has 1 aromatic carbocycles. The van der Waals surface area contributed by atoms with Crippen LogP contribution in [0.5, 0.6) is 0 Å². The summed E-state index contributed by atoms with van der Waals surface area (Å²) in [6.45, 7) is 5.37. The van der Waals surface area contributed by atoms with Crippen LogP contribution in [0.1, 0.15) is 31.2 Å². The van der Waals surface area contributed by atoms with Crippen LogP contribution < -0.4 is 10.2 Å². The van der Waals surface area contributed by atoms with Gasteiger partial charge in [0, 0.05) is 25.6 Å². The number of pyridine rings is 1. The van der Waals surface area contributed by atoms with Gasteiger partial charge in [-0.1, -0.05) is 37.3 Å². The summed E-state index contributed by atoms with van der Waals surface area (Å²) in [6.07, 6.45) is 6.23. The summed E-state index contributed by atoms with van der Waals surface area (Å²) in [5.41, 5.74) is 3.81. The van der Waals surface area contributed by atoms with Gasteiger partial charge in [-0.05, 0) is 24.5 Å². The molecule has 0 saturated carbocycles. The van der Waals surface area contributed by atoms with Gasteiger partial charge in [0.2, 0.25) is 0 Å². The van der Waals surface area contributed by atoms with Gasteiger partial charge < -0.3 is 10.2 Å². The molecule has 2 heterocycles. The van der Waals surface area contributed by atoms with E-state index in [9.17, 15) is 0 Å². The Labute approximate surface area is 127 Å². The van der Waals surface area contributed by atoms with Gasteiger partial charge in [-0.15, -0.1) is 0 Å². The number of anilines is 2. The van der Waals surface area contributed by atoms with Crippen molar-refractivity contribution in [3.05, 3.63) is 54.4 Å². The number of nitrogens with one attached hydrogen (secondary N) is 1. The molecule has 3 nitrogen and oxygen atoms in total. The van der Waals surface area contributed by atoms with Crippen LogP contribution in [-0.4, -0.2) is 24.6 Å². The third-order valence-corrected chi connectivity index (χ3v) is 4.13. The smallest absolute Gasteiger partial charge is 0.0573 e. The third-order valence-electron chi connectivity index (χ3n) is 4.13. The van der Waals surface area contributed by atoms with Crippen LogP contribution in [0.3, 0.4) is 0 Å². The Morgan fingerprint density at radius 2 is 2.10 bits per heavy atom. The summed E-state index contributed by atoms with van der Waals surface area (Å²) in [5.74, 6) is 0.637. The summed E-state index contributed by atoms with van der Waals surface area (Å²) in [7, 11) is 0. The summed E-state index contributed by atoms with van der Waals surface area (Å²) in [4.78, 5) is 6.82. The molecule has 3 heteroatoms. The van der Waals surface area contributed by atoms with Crippen molar-refractivity contribution >= 4 is 11.4 Å². The van der Waals surface area contributed by atoms with Crippen molar-refractivity contribution < 1.29 is 0 Å². The van der Waals surface area contributed by atoms with Crippen molar-refractivity contribution in [1.29, 1.82) is 0 Å². The lowest BCUT2D eigenvalue weighted by atomic mass is 9.99. The fraction of sp³-hybridized carbons (Fsp3) is 0.389. The van der Waals surface area contributed by atoms with Crippen LogP contribution in [0, 0.1) is 0 Å². The SMILES string of the molecule is CCCNc1cncc(N2CCC(c3ccccc3)C2)c1. The highest BCUT2D eigenvalue weighted by Crippen LogP contribution is 2.31. The molecule has 0 aliphatic carbocycles. The molecule has 1 saturated heterocycles. The van der Waals surface area contributed by atoms with Crippen LogP contribution in [0.2, 0.25) is 0 Å². The third kappa shape index (κ3) is 3.35. The van der Waals surface area contributed by atoms with E-state index in [4.69, 9.17) is 0 Å². The van der Waals surface area contributed by atoms with Crippen LogP contribution in [0.15, 0.2) is 48.8 Å². The number of rotatable bonds is 5. The van der Waals surface area contributed by atoms with Gasteiger partial charge in [0.15, 0.2) is 0 Å². The molecular formula is C18H23N3. The molecule has 0 bridgehead atoms. The first-order valence-corrected chi connectivity index (χ1v) is 7.85. The van der Waals surface area contributed by atoms with E-state index in [0.717, 1.165) is 31.7 Å². The second-order valence-electron chi connectivity index (χ2n) is 5.70. The lowest BCUT2D eigenvalue weighted by Gasteiger charge is -2.19. The van der Waals surface area contributed by atoms with Crippen LogP contribution >= 0.6 is 0 Å². The van der Waals surface area contributed by atoms with Gasteiger partial charge in [-0.2, -0.15) is 0 Å². The molecule has 3 rings (SSSR count). The fourth-order valence-electron chi connectivity index (χ4n) is 2.96. The Morgan fingerprint density at radius 1 is 1.24 bits per heavy atom. The van der Waals surface area contributed by atoms with E-state index >= 15 is 0 Å². The van der Waals surface area contributed by atoms with E-state index in [0.29, 0.717) is 5.92 Å². The number of hydrogen-bond donors (Lipinski definition) is 1. The highest BCUT2D eigenvalue weighted by molar-refractivity contribution is 5.56. The molecule has 1 aromatic heterocycles. The molecule has 1 N–H and O–H groups in total. The van der Waals surface area contributed by atoms with E-state index in [-0.39, 0.29) is 0 Å². The Balaban J connectivity index is 1.68. The highest BCUT2D eigenvalue weighted by Gasteiger charge is 2.24. The first-order chi connectivity index (χ1) is 10.4. The second-order valence-corrected chi connectivity index (χ2v) is 5.70. The zero-order valence-electron chi connectivity index (χ0n) is 12.6. The zero-order valence-corrected chi connectivity index (χ0v) is 12.6. The fourth-order valence-corrected chi connectivity index (χ4v) is 2.96. The minimum Gasteiger partial charge on any atom is -0.384 e. The van der Waals surface area contributed by atoms with Gasteiger partial charge in [-0.3, -0.25) is 4.98 Å². The molecule has 110 valence electrons. The van der Waals surface area contributed by atoms with Crippen LogP contribution in [0.4, 0.5) is 11.4 Å². The first kappa shape index (κ1) is 13.9. The number of nitrogens with zero attached hydrogens (tertiary/aromatic N) is 2. The van der Waals surface area contributed by atoms with Gasteiger partial charge in [-0.25, -0.2) is 0 Å². The number of aromatic nitrogens is 1. The van der Waals surface area contributed by atoms with Crippen molar-refractivity contribution in [3.63, 3.8) is 0 Å². The predicted octanol–water partition coefficient (Wildman–Crippen LogP) is 3.90. The summed E-state index contributed by atoms with van der Waals surface area (Å²) in [6, 6.07) is 13.1. The minimum atomic E-state index is 0.637. The zero-order chi connectivity index (χ0) is 14.5. The molecule has 1 aliphatic rings. The molecule has 0 radical (unpaired) electrons. The van der Waals surface area contributed by atoms with Crippen molar-refractivity contribution in [2.24, 2.45) is 0 Å². The maximum absolute atomic E-state index is 4.38. The lowest BCUT2D eigenvalue weighted by Crippen LogP contribution is -2.19. The number of hydrogen-bond acceptors (Lipinski definition) is 3. The Bertz CT molecular complexity index is 568. The molecule has 1 unspecified atom stereocenters. The Kier molecular flexibility index (Phi) is 4.39. The van der Waals surface area contributed by atoms with Crippen molar-refractivity contribution in [2.75, 3.05) is 29.9 Å². The minimum absolute atomic E-state index is 0.637. The van der Waals surface area contributed by atoms with E-state index in [1.165, 1.54) is 17.7 Å². The topological polar surface area (TPSA) is 28.2 Å². The van der Waals surface area contributed by atoms with Gasteiger partial charge >= 0.3 is 0 Å². The Morgan fingerprint density at radius 3 is 2.90 bits per heavy atom. The van der Waals surface area contributed by atoms with Gasteiger partial charge in [0.1, 0.15) is 0 Å². The van der Waals surface area contributed by atoms with Gasteiger partial charge in [0.25, 0.3) is 0 Å². The first-order valence-electron chi connectivity index (χ1n) is 7.85. The average Bonchev–Trinajstić information content (AvgIpc) is 3.04. The van der Waals surface area contributed by atoms with Crippen molar-refractivity contribution in [1.82, 2.24) is 4.98 Å². The molecule has 1 atom stereocenters. The maximum Gasteiger partial charge on any atom is 0.0573 e. The van der Waals surface area contributed by atoms with E-state index in [2.05, 4.69) is 58.5 Å². The van der Waals surface area contributed by atoms with Crippen LogP contribution in [0.25, 0.3) is 0 Å². The molecule has 0 amide bonds. The normalized spacial score (nSPS) is 18.0. The predicted molar refractivity (Wildman–Crippen MR) is 89.0 cm³/mol. The van der Waals surface area contributed by atoms with Crippen LogP contribution in [-0.2, 0) is 0 Å². The second kappa shape index (κ2) is 6.61. The van der Waals surface area contributed by atoms with E-state index in [1.807, 2.05) is 12.4 Å². The molecular weight excluding hydrogens is 258 g/mol. The largest absolute Gasteiger partial charge is 0.384 e. The summed E-state index contributed by atoms with van der Waals surface area (Å²) < 4.78 is 0. The molecule has 1 aliphatic heterocycles. The molecule has 2 aromatic rings. The highest BCUT2D eigenvalue weighted by atomic mass is 15.2. The van der Waals surface area contributed by atoms with Crippen molar-refractivity contribution in [3.8, 4) is 0 Å². The Hall–Kier alpha value is -2.03. The summed E-state index contributed by atoms with van der Waals surface area (Å²) >= 11 is 0. The lowest BCUT2D eigenvalue weighted by molar-refractivity contribution is 0.775. The molecule has 1 fully saturated rings. The number of benzene rings is 1. The van der Waals surface area contributed by atoms with E-state index < -0.39 is 0 Å². The summed E-state index contributed by atoms with van der Waals surface area (Å²) in [5, 5.41) is 3.41. The maximum atomic E-state index is 4.38. The monoisotopic (exact) mass is 281 g/mol. The molecule has 21 heavy (non-hydrogen) atoms. The average molecular weight is 281 g/mol. The quantitative estimate of drug-likeness (QED) is 0.901. The van der Waals surface area contributed by atoms with E-state index in [1.54, 1.807) is 0 Å².